The Balaban J connectivity index is 1.76. The predicted octanol–water partition coefficient (Wildman–Crippen LogP) is 1.87. The summed E-state index contributed by atoms with van der Waals surface area (Å²) in [7, 11) is 1.35. The number of nitrogens with one attached hydrogen (secondary N) is 1. The van der Waals surface area contributed by atoms with Gasteiger partial charge in [-0.2, -0.15) is 0 Å². The molecule has 1 atom stereocenters. The zero-order chi connectivity index (χ0) is 21.1. The number of hydrogen-bond acceptors (Lipinski definition) is 4. The standard InChI is InChI=1S/C19H20Cl2N4O4/c1-23-16(26)7-9-24(19(23)29)11-17(27)25-8-3-2-4-15(25)18(28)22-12-5-6-13(20)14(21)10-12/h5-7,9-10,15H,2-4,8,11H2,1H3,(H,22,28). The van der Waals surface area contributed by atoms with Crippen LogP contribution in [0.1, 0.15) is 19.3 Å². The number of carbonyl (C=O) groups is 2. The molecular weight excluding hydrogens is 419 g/mol. The minimum atomic E-state index is -0.658. The first kappa shape index (κ1) is 21.1. The van der Waals surface area contributed by atoms with Crippen LogP contribution in [-0.2, 0) is 23.2 Å². The molecule has 0 bridgehead atoms. The van der Waals surface area contributed by atoms with Crippen LogP contribution in [0.5, 0.6) is 0 Å². The molecule has 2 amide bonds. The first-order chi connectivity index (χ1) is 13.8. The van der Waals surface area contributed by atoms with Gasteiger partial charge in [0.2, 0.25) is 11.8 Å². The lowest BCUT2D eigenvalue weighted by Gasteiger charge is -2.34. The third-order valence-corrected chi connectivity index (χ3v) is 5.62. The molecule has 2 heterocycles. The van der Waals surface area contributed by atoms with Gasteiger partial charge in [-0.05, 0) is 37.5 Å². The van der Waals surface area contributed by atoms with E-state index in [2.05, 4.69) is 5.32 Å². The first-order valence-electron chi connectivity index (χ1n) is 9.10. The molecule has 0 aliphatic carbocycles. The van der Waals surface area contributed by atoms with E-state index in [4.69, 9.17) is 23.2 Å². The number of nitrogens with zero attached hydrogens (tertiary/aromatic N) is 3. The van der Waals surface area contributed by atoms with E-state index in [-0.39, 0.29) is 18.4 Å². The number of benzene rings is 1. The van der Waals surface area contributed by atoms with Crippen molar-refractivity contribution < 1.29 is 9.59 Å². The van der Waals surface area contributed by atoms with Crippen molar-refractivity contribution in [1.29, 1.82) is 0 Å². The van der Waals surface area contributed by atoms with Gasteiger partial charge in [-0.3, -0.25) is 23.5 Å². The number of anilines is 1. The van der Waals surface area contributed by atoms with Gasteiger partial charge in [-0.25, -0.2) is 4.79 Å². The summed E-state index contributed by atoms with van der Waals surface area (Å²) in [5, 5.41) is 3.46. The van der Waals surface area contributed by atoms with Crippen LogP contribution in [0.25, 0.3) is 0 Å². The van der Waals surface area contributed by atoms with E-state index < -0.39 is 17.3 Å². The molecule has 154 valence electrons. The van der Waals surface area contributed by atoms with Crippen LogP contribution < -0.4 is 16.6 Å². The molecule has 2 aromatic rings. The topological polar surface area (TPSA) is 93.4 Å². The Labute approximate surface area is 176 Å². The summed E-state index contributed by atoms with van der Waals surface area (Å²) in [5.41, 5.74) is -0.549. The van der Waals surface area contributed by atoms with E-state index in [0.29, 0.717) is 28.7 Å². The van der Waals surface area contributed by atoms with Crippen LogP contribution in [-0.4, -0.2) is 38.4 Å². The van der Waals surface area contributed by atoms with Gasteiger partial charge >= 0.3 is 5.69 Å². The molecule has 10 heteroatoms. The van der Waals surface area contributed by atoms with Gasteiger partial charge in [0.1, 0.15) is 12.6 Å². The third kappa shape index (κ3) is 4.71. The number of likely N-dealkylation sites (tertiary alicyclic amines) is 1. The van der Waals surface area contributed by atoms with E-state index in [9.17, 15) is 19.2 Å². The summed E-state index contributed by atoms with van der Waals surface area (Å²) in [6, 6.07) is 5.31. The number of aromatic nitrogens is 2. The fourth-order valence-electron chi connectivity index (χ4n) is 3.28. The predicted molar refractivity (Wildman–Crippen MR) is 110 cm³/mol. The molecule has 1 aliphatic rings. The molecule has 1 aromatic carbocycles. The summed E-state index contributed by atoms with van der Waals surface area (Å²) in [6.45, 7) is 0.169. The molecular formula is C19H20Cl2N4O4. The fraction of sp³-hybridized carbons (Fsp3) is 0.368. The van der Waals surface area contributed by atoms with Crippen molar-refractivity contribution in [2.45, 2.75) is 31.8 Å². The smallest absolute Gasteiger partial charge is 0.329 e. The maximum absolute atomic E-state index is 12.8. The van der Waals surface area contributed by atoms with E-state index in [0.717, 1.165) is 22.0 Å². The molecule has 8 nitrogen and oxygen atoms in total. The summed E-state index contributed by atoms with van der Waals surface area (Å²) < 4.78 is 2.09. The van der Waals surface area contributed by atoms with Crippen molar-refractivity contribution in [3.8, 4) is 0 Å². The monoisotopic (exact) mass is 438 g/mol. The Morgan fingerprint density at radius 2 is 1.90 bits per heavy atom. The molecule has 1 N–H and O–H groups in total. The average molecular weight is 439 g/mol. The number of hydrogen-bond donors (Lipinski definition) is 1. The van der Waals surface area contributed by atoms with Gasteiger partial charge in [0.05, 0.1) is 10.0 Å². The largest absolute Gasteiger partial charge is 0.331 e. The quantitative estimate of drug-likeness (QED) is 0.788. The summed E-state index contributed by atoms with van der Waals surface area (Å²) in [4.78, 5) is 50.8. The van der Waals surface area contributed by atoms with Crippen molar-refractivity contribution in [1.82, 2.24) is 14.0 Å². The highest BCUT2D eigenvalue weighted by atomic mass is 35.5. The highest BCUT2D eigenvalue weighted by Gasteiger charge is 2.32. The van der Waals surface area contributed by atoms with Crippen LogP contribution in [0.3, 0.4) is 0 Å². The molecule has 1 fully saturated rings. The minimum Gasteiger partial charge on any atom is -0.329 e. The van der Waals surface area contributed by atoms with Gasteiger partial charge in [0, 0.05) is 31.5 Å². The van der Waals surface area contributed by atoms with Gasteiger partial charge in [-0.1, -0.05) is 23.2 Å². The van der Waals surface area contributed by atoms with Crippen molar-refractivity contribution in [2.75, 3.05) is 11.9 Å². The van der Waals surface area contributed by atoms with Crippen molar-refractivity contribution in [3.05, 3.63) is 61.3 Å². The number of rotatable bonds is 4. The Hall–Kier alpha value is -2.58. The molecule has 1 unspecified atom stereocenters. The van der Waals surface area contributed by atoms with E-state index >= 15 is 0 Å². The highest BCUT2D eigenvalue weighted by Crippen LogP contribution is 2.26. The molecule has 1 aromatic heterocycles. The fourth-order valence-corrected chi connectivity index (χ4v) is 3.57. The number of piperidine rings is 1. The second-order valence-electron chi connectivity index (χ2n) is 6.84. The number of halogens is 2. The summed E-state index contributed by atoms with van der Waals surface area (Å²) in [6.07, 6.45) is 3.38. The Kier molecular flexibility index (Phi) is 6.44. The van der Waals surface area contributed by atoms with Crippen LogP contribution in [0.2, 0.25) is 10.0 Å². The SMILES string of the molecule is Cn1c(=O)ccn(CC(=O)N2CCCCC2C(=O)Nc2ccc(Cl)c(Cl)c2)c1=O. The maximum atomic E-state index is 12.8. The van der Waals surface area contributed by atoms with Crippen LogP contribution in [0.4, 0.5) is 5.69 Å². The lowest BCUT2D eigenvalue weighted by molar-refractivity contribution is -0.140. The second kappa shape index (κ2) is 8.84. The molecule has 1 aliphatic heterocycles. The maximum Gasteiger partial charge on any atom is 0.331 e. The summed E-state index contributed by atoms with van der Waals surface area (Å²) in [5.74, 6) is -0.691. The van der Waals surface area contributed by atoms with Crippen LogP contribution >= 0.6 is 23.2 Å². The second-order valence-corrected chi connectivity index (χ2v) is 7.65. The van der Waals surface area contributed by atoms with Crippen molar-refractivity contribution >= 4 is 40.7 Å². The zero-order valence-electron chi connectivity index (χ0n) is 15.7. The first-order valence-corrected chi connectivity index (χ1v) is 9.85. The molecule has 3 rings (SSSR count). The van der Waals surface area contributed by atoms with Gasteiger partial charge in [-0.15, -0.1) is 0 Å². The molecule has 0 spiro atoms. The van der Waals surface area contributed by atoms with Crippen molar-refractivity contribution in [2.24, 2.45) is 7.05 Å². The minimum absolute atomic E-state index is 0.247. The van der Waals surface area contributed by atoms with Gasteiger partial charge in [0.25, 0.3) is 5.56 Å². The molecule has 0 radical (unpaired) electrons. The van der Waals surface area contributed by atoms with E-state index in [1.54, 1.807) is 18.2 Å². The van der Waals surface area contributed by atoms with Gasteiger partial charge in [0.15, 0.2) is 0 Å². The normalized spacial score (nSPS) is 16.5. The number of carbonyl (C=O) groups excluding carboxylic acids is 2. The Bertz CT molecular complexity index is 1060. The Morgan fingerprint density at radius 1 is 1.14 bits per heavy atom. The molecule has 1 saturated heterocycles. The molecule has 0 saturated carbocycles. The average Bonchev–Trinajstić information content (AvgIpc) is 2.71. The molecule has 29 heavy (non-hydrogen) atoms. The van der Waals surface area contributed by atoms with Crippen LogP contribution in [0.15, 0.2) is 40.1 Å². The van der Waals surface area contributed by atoms with E-state index in [1.807, 2.05) is 0 Å². The lowest BCUT2D eigenvalue weighted by Crippen LogP contribution is -2.51. The third-order valence-electron chi connectivity index (χ3n) is 4.88. The Morgan fingerprint density at radius 3 is 2.62 bits per heavy atom. The summed E-state index contributed by atoms with van der Waals surface area (Å²) >= 11 is 11.9. The number of amides is 2. The van der Waals surface area contributed by atoms with Gasteiger partial charge < -0.3 is 10.2 Å². The van der Waals surface area contributed by atoms with E-state index in [1.165, 1.54) is 24.2 Å². The van der Waals surface area contributed by atoms with Crippen LogP contribution in [0, 0.1) is 0 Å². The van der Waals surface area contributed by atoms with Crippen molar-refractivity contribution in [3.63, 3.8) is 0 Å². The highest BCUT2D eigenvalue weighted by molar-refractivity contribution is 6.42. The lowest BCUT2D eigenvalue weighted by atomic mass is 10.0. The zero-order valence-corrected chi connectivity index (χ0v) is 17.2.